The van der Waals surface area contributed by atoms with Crippen molar-refractivity contribution in [1.29, 1.82) is 0 Å². The molecule has 152 valence electrons. The second-order valence-corrected chi connectivity index (χ2v) is 12.9. The van der Waals surface area contributed by atoms with E-state index in [2.05, 4.69) is 5.32 Å². The lowest BCUT2D eigenvalue weighted by atomic mass is 10.4. The van der Waals surface area contributed by atoms with Crippen molar-refractivity contribution >= 4 is 29.4 Å². The zero-order valence-electron chi connectivity index (χ0n) is 16.7. The van der Waals surface area contributed by atoms with Crippen LogP contribution in [0.3, 0.4) is 0 Å². The summed E-state index contributed by atoms with van der Waals surface area (Å²) in [5.74, 6) is 2.26. The maximum atomic E-state index is 5.42. The van der Waals surface area contributed by atoms with E-state index in [1.165, 1.54) is 0 Å². The zero-order valence-corrected chi connectivity index (χ0v) is 19.5. The van der Waals surface area contributed by atoms with Crippen LogP contribution < -0.4 is 5.32 Å². The zero-order chi connectivity index (χ0) is 19.0. The van der Waals surface area contributed by atoms with Gasteiger partial charge in [0, 0.05) is 54.7 Å². The van der Waals surface area contributed by atoms with Gasteiger partial charge >= 0.3 is 17.6 Å². The third-order valence-electron chi connectivity index (χ3n) is 4.12. The highest BCUT2D eigenvalue weighted by Crippen LogP contribution is 2.17. The van der Waals surface area contributed by atoms with Crippen molar-refractivity contribution in [3.8, 4) is 0 Å². The first-order chi connectivity index (χ1) is 12.1. The van der Waals surface area contributed by atoms with Gasteiger partial charge in [-0.1, -0.05) is 0 Å². The van der Waals surface area contributed by atoms with E-state index >= 15 is 0 Å². The summed E-state index contributed by atoms with van der Waals surface area (Å²) in [6.07, 6.45) is 3.21. The van der Waals surface area contributed by atoms with E-state index in [1.54, 1.807) is 42.7 Å². The van der Waals surface area contributed by atoms with Crippen LogP contribution in [0.25, 0.3) is 0 Å². The van der Waals surface area contributed by atoms with Gasteiger partial charge in [-0.05, 0) is 43.9 Å². The van der Waals surface area contributed by atoms with Gasteiger partial charge in [-0.2, -0.15) is 11.8 Å². The average Bonchev–Trinajstić information content (AvgIpc) is 2.67. The summed E-state index contributed by atoms with van der Waals surface area (Å²) in [6.45, 7) is 1.99. The maximum Gasteiger partial charge on any atom is 0.500 e. The number of hydrogen-bond donors (Lipinski definition) is 1. The molecule has 0 aliphatic carbocycles. The SMILES string of the molecule is CO[Si](CCCNCCCSCCC[Si](OC)(OC)OC)(OC)OC. The molecule has 0 aliphatic rings. The lowest BCUT2D eigenvalue weighted by Gasteiger charge is -2.24. The molecule has 0 saturated carbocycles. The molecule has 0 heterocycles. The van der Waals surface area contributed by atoms with Gasteiger partial charge < -0.3 is 31.9 Å². The molecule has 0 radical (unpaired) electrons. The summed E-state index contributed by atoms with van der Waals surface area (Å²) in [4.78, 5) is 0. The molecule has 0 atom stereocenters. The highest BCUT2D eigenvalue weighted by Gasteiger charge is 2.37. The average molecular weight is 416 g/mol. The minimum atomic E-state index is -2.40. The molecular formula is C15H37NO6SSi2. The molecule has 0 aromatic heterocycles. The predicted octanol–water partition coefficient (Wildman–Crippen LogP) is 2.24. The summed E-state index contributed by atoms with van der Waals surface area (Å²) in [5, 5.41) is 3.46. The monoisotopic (exact) mass is 415 g/mol. The molecular weight excluding hydrogens is 378 g/mol. The van der Waals surface area contributed by atoms with E-state index < -0.39 is 17.6 Å². The summed E-state index contributed by atoms with van der Waals surface area (Å²) in [7, 11) is 5.16. The largest absolute Gasteiger partial charge is 0.500 e. The molecule has 0 fully saturated rings. The number of hydrogen-bond acceptors (Lipinski definition) is 8. The summed E-state index contributed by atoms with van der Waals surface area (Å²) < 4.78 is 32.5. The third kappa shape index (κ3) is 10.4. The molecule has 0 aromatic rings. The van der Waals surface area contributed by atoms with Crippen molar-refractivity contribution < 1.29 is 26.6 Å². The Bertz CT molecular complexity index is 265. The van der Waals surface area contributed by atoms with Gasteiger partial charge in [0.2, 0.25) is 0 Å². The molecule has 0 aromatic carbocycles. The Balaban J connectivity index is 3.54. The van der Waals surface area contributed by atoms with Crippen LogP contribution in [0.4, 0.5) is 0 Å². The van der Waals surface area contributed by atoms with Gasteiger partial charge in [0.1, 0.15) is 0 Å². The second kappa shape index (κ2) is 15.6. The molecule has 10 heteroatoms. The van der Waals surface area contributed by atoms with Crippen molar-refractivity contribution in [2.45, 2.75) is 31.4 Å². The molecule has 0 saturated heterocycles. The fraction of sp³-hybridized carbons (Fsp3) is 1.00. The Morgan fingerprint density at radius 3 is 1.48 bits per heavy atom. The van der Waals surface area contributed by atoms with Crippen molar-refractivity contribution in [3.05, 3.63) is 0 Å². The molecule has 0 amide bonds. The Labute approximate surface area is 160 Å². The Morgan fingerprint density at radius 2 is 1.00 bits per heavy atom. The standard InChI is InChI=1S/C15H37NO6SSi2/c1-17-24(18-2,19-3)14-8-11-16-10-7-12-23-13-9-15-25(20-4,21-5)22-6/h16H,7-15H2,1-6H3. The van der Waals surface area contributed by atoms with E-state index in [0.29, 0.717) is 0 Å². The quantitative estimate of drug-likeness (QED) is 0.270. The smallest absolute Gasteiger partial charge is 0.377 e. The molecule has 0 rings (SSSR count). The van der Waals surface area contributed by atoms with Crippen molar-refractivity contribution in [1.82, 2.24) is 5.32 Å². The first kappa shape index (κ1) is 25.5. The molecule has 1 N–H and O–H groups in total. The van der Waals surface area contributed by atoms with E-state index in [-0.39, 0.29) is 0 Å². The van der Waals surface area contributed by atoms with Crippen LogP contribution in [0.1, 0.15) is 19.3 Å². The van der Waals surface area contributed by atoms with E-state index in [4.69, 9.17) is 26.6 Å². The van der Waals surface area contributed by atoms with Gasteiger partial charge in [-0.15, -0.1) is 0 Å². The Hall–Kier alpha value is 0.504. The van der Waals surface area contributed by atoms with Crippen molar-refractivity contribution in [3.63, 3.8) is 0 Å². The highest BCUT2D eigenvalue weighted by atomic mass is 32.2. The van der Waals surface area contributed by atoms with Crippen LogP contribution >= 0.6 is 11.8 Å². The second-order valence-electron chi connectivity index (χ2n) is 5.51. The summed E-state index contributed by atoms with van der Waals surface area (Å²) in [5.41, 5.74) is 0. The van der Waals surface area contributed by atoms with Gasteiger partial charge in [0.25, 0.3) is 0 Å². The Kier molecular flexibility index (Phi) is 15.9. The fourth-order valence-corrected chi connectivity index (χ4v) is 7.06. The number of nitrogens with one attached hydrogen (secondary N) is 1. The maximum absolute atomic E-state index is 5.42. The van der Waals surface area contributed by atoms with E-state index in [9.17, 15) is 0 Å². The lowest BCUT2D eigenvalue weighted by Crippen LogP contribution is -2.43. The van der Waals surface area contributed by atoms with Crippen LogP contribution in [-0.2, 0) is 26.6 Å². The van der Waals surface area contributed by atoms with E-state index in [1.807, 2.05) is 11.8 Å². The van der Waals surface area contributed by atoms with Gasteiger partial charge in [0.05, 0.1) is 0 Å². The van der Waals surface area contributed by atoms with Crippen LogP contribution in [0, 0.1) is 0 Å². The number of rotatable bonds is 18. The molecule has 0 aliphatic heterocycles. The number of thioether (sulfide) groups is 1. The van der Waals surface area contributed by atoms with Crippen LogP contribution in [0.5, 0.6) is 0 Å². The molecule has 0 unspecified atom stereocenters. The lowest BCUT2D eigenvalue weighted by molar-refractivity contribution is 0.122. The van der Waals surface area contributed by atoms with Crippen LogP contribution in [0.15, 0.2) is 0 Å². The minimum absolute atomic E-state index is 0.836. The molecule has 0 bridgehead atoms. The first-order valence-electron chi connectivity index (χ1n) is 8.67. The van der Waals surface area contributed by atoms with Gasteiger partial charge in [-0.3, -0.25) is 0 Å². The van der Waals surface area contributed by atoms with Gasteiger partial charge in [-0.25, -0.2) is 0 Å². The van der Waals surface area contributed by atoms with Crippen LogP contribution in [0.2, 0.25) is 12.1 Å². The summed E-state index contributed by atoms with van der Waals surface area (Å²) in [6, 6.07) is 1.70. The van der Waals surface area contributed by atoms with Crippen LogP contribution in [-0.4, -0.2) is 84.9 Å². The van der Waals surface area contributed by atoms with E-state index in [0.717, 1.165) is 55.9 Å². The minimum Gasteiger partial charge on any atom is -0.377 e. The highest BCUT2D eigenvalue weighted by molar-refractivity contribution is 7.99. The molecule has 0 spiro atoms. The summed E-state index contributed by atoms with van der Waals surface area (Å²) >= 11 is 1.97. The first-order valence-corrected chi connectivity index (χ1v) is 13.7. The topological polar surface area (TPSA) is 67.4 Å². The third-order valence-corrected chi connectivity index (χ3v) is 10.9. The predicted molar refractivity (Wildman–Crippen MR) is 107 cm³/mol. The molecule has 7 nitrogen and oxygen atoms in total. The molecule has 25 heavy (non-hydrogen) atoms. The Morgan fingerprint density at radius 1 is 0.600 bits per heavy atom. The van der Waals surface area contributed by atoms with Crippen molar-refractivity contribution in [2.24, 2.45) is 0 Å². The van der Waals surface area contributed by atoms with Gasteiger partial charge in [0.15, 0.2) is 0 Å². The van der Waals surface area contributed by atoms with Crippen molar-refractivity contribution in [2.75, 3.05) is 67.3 Å². The normalized spacial score (nSPS) is 12.7. The fourth-order valence-electron chi connectivity index (χ4n) is 2.46.